The summed E-state index contributed by atoms with van der Waals surface area (Å²) >= 11 is 0. The van der Waals surface area contributed by atoms with Crippen LogP contribution in [0.15, 0.2) is 0 Å². The van der Waals surface area contributed by atoms with E-state index in [0.29, 0.717) is 13.2 Å². The summed E-state index contributed by atoms with van der Waals surface area (Å²) in [5.41, 5.74) is 5.35. The van der Waals surface area contributed by atoms with Crippen molar-refractivity contribution in [3.05, 3.63) is 0 Å². The fourth-order valence-corrected chi connectivity index (χ4v) is 1.96. The van der Waals surface area contributed by atoms with Gasteiger partial charge in [0.05, 0.1) is 13.2 Å². The molecular weight excluding hydrogens is 240 g/mol. The monoisotopic (exact) mass is 266 g/mol. The zero-order chi connectivity index (χ0) is 11.6. The van der Waals surface area contributed by atoms with Crippen LogP contribution in [0.25, 0.3) is 0 Å². The predicted molar refractivity (Wildman–Crippen MR) is 72.8 cm³/mol. The summed E-state index contributed by atoms with van der Waals surface area (Å²) in [6.07, 6.45) is 3.76. The van der Waals surface area contributed by atoms with Gasteiger partial charge in [0.25, 0.3) is 0 Å². The lowest BCUT2D eigenvalue weighted by molar-refractivity contribution is 0.0590. The Morgan fingerprint density at radius 1 is 1.24 bits per heavy atom. The minimum Gasteiger partial charge on any atom is -0.381 e. The van der Waals surface area contributed by atoms with Crippen molar-refractivity contribution in [1.82, 2.24) is 4.90 Å². The van der Waals surface area contributed by atoms with Gasteiger partial charge in [0, 0.05) is 26.3 Å². The van der Waals surface area contributed by atoms with Crippen LogP contribution in [0.2, 0.25) is 0 Å². The van der Waals surface area contributed by atoms with Gasteiger partial charge in [0.1, 0.15) is 0 Å². The SMILES string of the molecule is CN(CCOCCN)CCC1CCOCC1.Cl. The maximum absolute atomic E-state index is 5.36. The first-order valence-electron chi connectivity index (χ1n) is 6.37. The topological polar surface area (TPSA) is 47.7 Å². The largest absolute Gasteiger partial charge is 0.381 e. The second-order valence-corrected chi connectivity index (χ2v) is 4.55. The molecule has 0 aromatic carbocycles. The molecule has 1 fully saturated rings. The minimum atomic E-state index is 0. The highest BCUT2D eigenvalue weighted by atomic mass is 35.5. The Morgan fingerprint density at radius 3 is 2.59 bits per heavy atom. The molecule has 2 N–H and O–H groups in total. The smallest absolute Gasteiger partial charge is 0.0593 e. The van der Waals surface area contributed by atoms with Crippen LogP contribution in [0, 0.1) is 5.92 Å². The molecule has 0 unspecified atom stereocenters. The molecule has 17 heavy (non-hydrogen) atoms. The molecule has 1 saturated heterocycles. The van der Waals surface area contributed by atoms with E-state index in [1.807, 2.05) is 0 Å². The highest BCUT2D eigenvalue weighted by molar-refractivity contribution is 5.85. The van der Waals surface area contributed by atoms with Gasteiger partial charge in [-0.25, -0.2) is 0 Å². The quantitative estimate of drug-likeness (QED) is 0.669. The van der Waals surface area contributed by atoms with E-state index in [-0.39, 0.29) is 12.4 Å². The van der Waals surface area contributed by atoms with Crippen LogP contribution in [0.1, 0.15) is 19.3 Å². The van der Waals surface area contributed by atoms with Crippen LogP contribution in [-0.2, 0) is 9.47 Å². The number of ether oxygens (including phenoxy) is 2. The van der Waals surface area contributed by atoms with Crippen LogP contribution in [-0.4, -0.2) is 58.0 Å². The van der Waals surface area contributed by atoms with Crippen molar-refractivity contribution >= 4 is 12.4 Å². The zero-order valence-corrected chi connectivity index (χ0v) is 11.7. The molecule has 0 atom stereocenters. The molecule has 104 valence electrons. The van der Waals surface area contributed by atoms with Crippen LogP contribution in [0.3, 0.4) is 0 Å². The molecule has 0 aliphatic carbocycles. The summed E-state index contributed by atoms with van der Waals surface area (Å²) in [5.74, 6) is 0.862. The Kier molecular flexibility index (Phi) is 11.3. The highest BCUT2D eigenvalue weighted by Crippen LogP contribution is 2.18. The second kappa shape index (κ2) is 11.2. The lowest BCUT2D eigenvalue weighted by Crippen LogP contribution is -2.28. The van der Waals surface area contributed by atoms with Crippen molar-refractivity contribution in [3.63, 3.8) is 0 Å². The van der Waals surface area contributed by atoms with Gasteiger partial charge in [-0.15, -0.1) is 12.4 Å². The third-order valence-corrected chi connectivity index (χ3v) is 3.14. The van der Waals surface area contributed by atoms with Gasteiger partial charge in [-0.1, -0.05) is 0 Å². The maximum Gasteiger partial charge on any atom is 0.0593 e. The molecule has 0 spiro atoms. The number of nitrogens with zero attached hydrogens (tertiary/aromatic N) is 1. The van der Waals surface area contributed by atoms with Gasteiger partial charge in [0.2, 0.25) is 0 Å². The summed E-state index contributed by atoms with van der Waals surface area (Å²) in [6, 6.07) is 0. The van der Waals surface area contributed by atoms with Gasteiger partial charge >= 0.3 is 0 Å². The average Bonchev–Trinajstić information content (AvgIpc) is 2.33. The molecule has 1 heterocycles. The van der Waals surface area contributed by atoms with E-state index in [0.717, 1.165) is 38.8 Å². The Morgan fingerprint density at radius 2 is 1.94 bits per heavy atom. The third-order valence-electron chi connectivity index (χ3n) is 3.14. The fraction of sp³-hybridized carbons (Fsp3) is 1.00. The summed E-state index contributed by atoms with van der Waals surface area (Å²) < 4.78 is 10.7. The number of hydrogen-bond donors (Lipinski definition) is 1. The van der Waals surface area contributed by atoms with E-state index >= 15 is 0 Å². The van der Waals surface area contributed by atoms with Gasteiger partial charge in [-0.3, -0.25) is 0 Å². The summed E-state index contributed by atoms with van der Waals surface area (Å²) in [5, 5.41) is 0. The van der Waals surface area contributed by atoms with Crippen LogP contribution in [0.4, 0.5) is 0 Å². The molecule has 5 heteroatoms. The minimum absolute atomic E-state index is 0. The van der Waals surface area contributed by atoms with Gasteiger partial charge in [-0.2, -0.15) is 0 Å². The normalized spacial score (nSPS) is 17.1. The highest BCUT2D eigenvalue weighted by Gasteiger charge is 2.13. The van der Waals surface area contributed by atoms with Gasteiger partial charge in [0.15, 0.2) is 0 Å². The number of hydrogen-bond acceptors (Lipinski definition) is 4. The maximum atomic E-state index is 5.36. The van der Waals surface area contributed by atoms with Crippen molar-refractivity contribution in [1.29, 1.82) is 0 Å². The molecule has 4 nitrogen and oxygen atoms in total. The van der Waals surface area contributed by atoms with E-state index in [9.17, 15) is 0 Å². The molecular formula is C12H27ClN2O2. The molecule has 0 bridgehead atoms. The molecule has 0 saturated carbocycles. The van der Waals surface area contributed by atoms with E-state index < -0.39 is 0 Å². The number of likely N-dealkylation sites (N-methyl/N-ethyl adjacent to an activating group) is 1. The van der Waals surface area contributed by atoms with Crippen molar-refractivity contribution in [3.8, 4) is 0 Å². The third kappa shape index (κ3) is 8.80. The van der Waals surface area contributed by atoms with E-state index in [2.05, 4.69) is 11.9 Å². The van der Waals surface area contributed by atoms with Crippen molar-refractivity contribution in [2.24, 2.45) is 11.7 Å². The van der Waals surface area contributed by atoms with E-state index in [1.165, 1.54) is 19.3 Å². The summed E-state index contributed by atoms with van der Waals surface area (Å²) in [7, 11) is 2.16. The van der Waals surface area contributed by atoms with Crippen LogP contribution < -0.4 is 5.73 Å². The number of nitrogens with two attached hydrogens (primary N) is 1. The molecule has 1 aliphatic heterocycles. The average molecular weight is 267 g/mol. The first-order chi connectivity index (χ1) is 7.83. The lowest BCUT2D eigenvalue weighted by atomic mass is 9.96. The number of rotatable bonds is 8. The van der Waals surface area contributed by atoms with Crippen molar-refractivity contribution < 1.29 is 9.47 Å². The molecule has 0 aromatic rings. The lowest BCUT2D eigenvalue weighted by Gasteiger charge is -2.24. The Bertz CT molecular complexity index is 167. The Balaban J connectivity index is 0.00000256. The van der Waals surface area contributed by atoms with Crippen LogP contribution >= 0.6 is 12.4 Å². The van der Waals surface area contributed by atoms with E-state index in [4.69, 9.17) is 15.2 Å². The van der Waals surface area contributed by atoms with Crippen molar-refractivity contribution in [2.45, 2.75) is 19.3 Å². The molecule has 1 rings (SSSR count). The molecule has 0 amide bonds. The predicted octanol–water partition coefficient (Wildman–Crippen LogP) is 1.13. The first kappa shape index (κ1) is 17.1. The molecule has 0 aromatic heterocycles. The number of halogens is 1. The standard InChI is InChI=1S/C12H26N2O2.ClH/c1-14(7-11-16-10-5-13)6-2-12-3-8-15-9-4-12;/h12H,2-11,13H2,1H3;1H. The second-order valence-electron chi connectivity index (χ2n) is 4.55. The Labute approximate surface area is 111 Å². The van der Waals surface area contributed by atoms with Crippen molar-refractivity contribution in [2.75, 3.05) is 53.1 Å². The molecule has 0 radical (unpaired) electrons. The first-order valence-corrected chi connectivity index (χ1v) is 6.37. The van der Waals surface area contributed by atoms with Crippen LogP contribution in [0.5, 0.6) is 0 Å². The summed E-state index contributed by atoms with van der Waals surface area (Å²) in [4.78, 5) is 2.34. The molecule has 1 aliphatic rings. The summed E-state index contributed by atoms with van der Waals surface area (Å²) in [6.45, 7) is 6.16. The van der Waals surface area contributed by atoms with Gasteiger partial charge < -0.3 is 20.1 Å². The van der Waals surface area contributed by atoms with E-state index in [1.54, 1.807) is 0 Å². The Hall–Kier alpha value is 0.130. The fourth-order valence-electron chi connectivity index (χ4n) is 1.96. The van der Waals surface area contributed by atoms with Gasteiger partial charge in [-0.05, 0) is 38.8 Å². The zero-order valence-electron chi connectivity index (χ0n) is 10.9.